The van der Waals surface area contributed by atoms with Crippen LogP contribution in [-0.4, -0.2) is 24.6 Å². The Morgan fingerprint density at radius 2 is 1.70 bits per heavy atom. The number of amides is 1. The highest BCUT2D eigenvalue weighted by Crippen LogP contribution is 2.26. The normalized spacial score (nSPS) is 10.5. The van der Waals surface area contributed by atoms with E-state index in [1.54, 1.807) is 36.3 Å². The number of nitrogens with zero attached hydrogens (tertiary/aromatic N) is 1. The molecule has 0 unspecified atom stereocenters. The van der Waals surface area contributed by atoms with Gasteiger partial charge in [-0.15, -0.1) is 11.8 Å². The average molecular weight is 424 g/mol. The number of anilines is 1. The van der Waals surface area contributed by atoms with Crippen molar-refractivity contribution < 1.29 is 18.7 Å². The lowest BCUT2D eigenvalue weighted by Gasteiger charge is -2.23. The fourth-order valence-corrected chi connectivity index (χ4v) is 3.70. The molecule has 3 aromatic rings. The van der Waals surface area contributed by atoms with Crippen molar-refractivity contribution in [3.05, 3.63) is 89.7 Å². The largest absolute Gasteiger partial charge is 0.497 e. The molecule has 0 saturated carbocycles. The van der Waals surface area contributed by atoms with Crippen molar-refractivity contribution in [3.8, 4) is 5.75 Å². The number of rotatable bonds is 8. The zero-order chi connectivity index (χ0) is 21.5. The minimum atomic E-state index is -0.500. The first-order chi connectivity index (χ1) is 14.5. The number of carbonyl (C=O) groups excluding carboxylic acids is 2. The van der Waals surface area contributed by atoms with Gasteiger partial charge >= 0.3 is 0 Å². The third kappa shape index (κ3) is 5.48. The van der Waals surface area contributed by atoms with Gasteiger partial charge in [-0.1, -0.05) is 36.4 Å². The van der Waals surface area contributed by atoms with Crippen molar-refractivity contribution in [2.75, 3.05) is 17.8 Å². The van der Waals surface area contributed by atoms with Crippen LogP contribution in [0.4, 0.5) is 10.1 Å². The van der Waals surface area contributed by atoms with Gasteiger partial charge in [0.15, 0.2) is 5.78 Å². The van der Waals surface area contributed by atoms with E-state index < -0.39 is 5.82 Å². The van der Waals surface area contributed by atoms with E-state index in [1.165, 1.54) is 13.0 Å². The second-order valence-corrected chi connectivity index (χ2v) is 7.67. The second kappa shape index (κ2) is 10.1. The van der Waals surface area contributed by atoms with Crippen LogP contribution >= 0.6 is 11.8 Å². The number of halogens is 1. The summed E-state index contributed by atoms with van der Waals surface area (Å²) in [5, 5.41) is 0. The number of hydrogen-bond donors (Lipinski definition) is 0. The van der Waals surface area contributed by atoms with Gasteiger partial charge in [-0.05, 0) is 48.9 Å². The first-order valence-electron chi connectivity index (χ1n) is 9.39. The number of ether oxygens (including phenoxy) is 1. The van der Waals surface area contributed by atoms with Gasteiger partial charge in [0.2, 0.25) is 5.91 Å². The molecule has 3 rings (SSSR count). The fourth-order valence-electron chi connectivity index (χ4n) is 2.91. The molecular weight excluding hydrogens is 401 g/mol. The third-order valence-electron chi connectivity index (χ3n) is 4.56. The quantitative estimate of drug-likeness (QED) is 0.361. The molecule has 6 heteroatoms. The molecule has 0 aliphatic carbocycles. The molecule has 0 aromatic heterocycles. The number of hydrogen-bond acceptors (Lipinski definition) is 4. The number of thioether (sulfide) groups is 1. The van der Waals surface area contributed by atoms with E-state index in [1.807, 2.05) is 42.5 Å². The van der Waals surface area contributed by atoms with Crippen LogP contribution in [0.25, 0.3) is 0 Å². The predicted molar refractivity (Wildman–Crippen MR) is 118 cm³/mol. The van der Waals surface area contributed by atoms with E-state index >= 15 is 0 Å². The first kappa shape index (κ1) is 21.6. The lowest BCUT2D eigenvalue weighted by molar-refractivity contribution is -0.116. The Bertz CT molecular complexity index is 1020. The van der Waals surface area contributed by atoms with Gasteiger partial charge in [0.05, 0.1) is 19.4 Å². The number of methoxy groups -OCH3 is 1. The maximum atomic E-state index is 14.3. The summed E-state index contributed by atoms with van der Waals surface area (Å²) in [4.78, 5) is 26.5. The fraction of sp³-hybridized carbons (Fsp3) is 0.167. The van der Waals surface area contributed by atoms with Gasteiger partial charge in [-0.2, -0.15) is 0 Å². The molecule has 0 heterocycles. The lowest BCUT2D eigenvalue weighted by Crippen LogP contribution is -2.31. The minimum absolute atomic E-state index is 0.0647. The smallest absolute Gasteiger partial charge is 0.237 e. The molecule has 0 N–H and O–H groups in total. The minimum Gasteiger partial charge on any atom is -0.497 e. The molecule has 0 atom stereocenters. The molecule has 0 spiro atoms. The van der Waals surface area contributed by atoms with Gasteiger partial charge in [0.25, 0.3) is 0 Å². The Balaban J connectivity index is 1.78. The lowest BCUT2D eigenvalue weighted by atomic mass is 10.1. The molecule has 0 saturated heterocycles. The van der Waals surface area contributed by atoms with E-state index in [0.717, 1.165) is 23.0 Å². The zero-order valence-electron chi connectivity index (χ0n) is 16.8. The monoisotopic (exact) mass is 423 g/mol. The van der Waals surface area contributed by atoms with Gasteiger partial charge in [-0.25, -0.2) is 4.39 Å². The molecule has 154 valence electrons. The van der Waals surface area contributed by atoms with E-state index in [2.05, 4.69) is 0 Å². The highest BCUT2D eigenvalue weighted by Gasteiger charge is 2.18. The van der Waals surface area contributed by atoms with E-state index in [0.29, 0.717) is 22.8 Å². The number of carbonyl (C=O) groups is 2. The van der Waals surface area contributed by atoms with E-state index in [9.17, 15) is 14.0 Å². The van der Waals surface area contributed by atoms with Crippen LogP contribution in [0.1, 0.15) is 22.8 Å². The molecule has 0 radical (unpaired) electrons. The summed E-state index contributed by atoms with van der Waals surface area (Å²) in [6.07, 6.45) is 0. The van der Waals surface area contributed by atoms with Crippen LogP contribution in [0.15, 0.2) is 77.7 Å². The van der Waals surface area contributed by atoms with Gasteiger partial charge < -0.3 is 9.64 Å². The molecule has 3 aromatic carbocycles. The topological polar surface area (TPSA) is 46.6 Å². The summed E-state index contributed by atoms with van der Waals surface area (Å²) in [7, 11) is 1.59. The molecule has 0 fully saturated rings. The highest BCUT2D eigenvalue weighted by molar-refractivity contribution is 8.00. The van der Waals surface area contributed by atoms with Crippen LogP contribution < -0.4 is 9.64 Å². The van der Waals surface area contributed by atoms with Gasteiger partial charge in [0.1, 0.15) is 11.6 Å². The summed E-state index contributed by atoms with van der Waals surface area (Å²) in [6.45, 7) is 1.79. The van der Waals surface area contributed by atoms with Crippen LogP contribution in [0.5, 0.6) is 5.75 Å². The van der Waals surface area contributed by atoms with Crippen LogP contribution in [0, 0.1) is 5.82 Å². The molecule has 0 aliphatic rings. The molecular formula is C24H22FNO3S. The zero-order valence-corrected chi connectivity index (χ0v) is 17.6. The van der Waals surface area contributed by atoms with Crippen molar-refractivity contribution in [1.82, 2.24) is 0 Å². The number of Topliss-reactive ketones (excluding diaryl/α,β-unsaturated/α-hetero) is 1. The second-order valence-electron chi connectivity index (χ2n) is 6.65. The molecule has 1 amide bonds. The molecule has 30 heavy (non-hydrogen) atoms. The van der Waals surface area contributed by atoms with Crippen molar-refractivity contribution in [1.29, 1.82) is 0 Å². The van der Waals surface area contributed by atoms with Crippen molar-refractivity contribution in [2.24, 2.45) is 0 Å². The Hall–Kier alpha value is -3.12. The predicted octanol–water partition coefficient (Wildman–Crippen LogP) is 5.36. The van der Waals surface area contributed by atoms with Crippen molar-refractivity contribution in [2.45, 2.75) is 18.4 Å². The van der Waals surface area contributed by atoms with Crippen LogP contribution in [-0.2, 0) is 11.3 Å². The molecule has 0 aliphatic heterocycles. The van der Waals surface area contributed by atoms with Crippen molar-refractivity contribution in [3.63, 3.8) is 0 Å². The Morgan fingerprint density at radius 1 is 1.00 bits per heavy atom. The summed E-state index contributed by atoms with van der Waals surface area (Å²) in [6, 6.07) is 21.3. The Kier molecular flexibility index (Phi) is 7.25. The average Bonchev–Trinajstić information content (AvgIpc) is 2.77. The van der Waals surface area contributed by atoms with E-state index in [4.69, 9.17) is 4.74 Å². The van der Waals surface area contributed by atoms with Crippen LogP contribution in [0.3, 0.4) is 0 Å². The van der Waals surface area contributed by atoms with Gasteiger partial charge in [-0.3, -0.25) is 9.59 Å². The number of benzene rings is 3. The first-order valence-corrected chi connectivity index (χ1v) is 10.4. The number of ketones is 1. The molecule has 0 bridgehead atoms. The van der Waals surface area contributed by atoms with E-state index in [-0.39, 0.29) is 17.4 Å². The van der Waals surface area contributed by atoms with Crippen LogP contribution in [0.2, 0.25) is 0 Å². The molecule has 4 nitrogen and oxygen atoms in total. The van der Waals surface area contributed by atoms with Gasteiger partial charge in [0, 0.05) is 16.1 Å². The Labute approximate surface area is 179 Å². The maximum Gasteiger partial charge on any atom is 0.237 e. The van der Waals surface area contributed by atoms with Crippen molar-refractivity contribution >= 4 is 29.1 Å². The summed E-state index contributed by atoms with van der Waals surface area (Å²) in [5.74, 6) is -0.0820. The maximum absolute atomic E-state index is 14.3. The summed E-state index contributed by atoms with van der Waals surface area (Å²) in [5.41, 5.74) is 2.04. The highest BCUT2D eigenvalue weighted by atomic mass is 32.2. The summed E-state index contributed by atoms with van der Waals surface area (Å²) < 4.78 is 19.5. The third-order valence-corrected chi connectivity index (χ3v) is 5.59. The SMILES string of the molecule is COc1ccc(N(Cc2ccccc2)C(=O)CSc2ccc(C(C)=O)cc2F)cc1. The standard InChI is InChI=1S/C24H22FNO3S/c1-17(27)19-8-13-23(22(25)14-19)30-16-24(28)26(15-18-6-4-3-5-7-18)20-9-11-21(29-2)12-10-20/h3-14H,15-16H2,1-2H3. The Morgan fingerprint density at radius 3 is 2.30 bits per heavy atom. The summed E-state index contributed by atoms with van der Waals surface area (Å²) >= 11 is 1.11.